The molecule has 2 amide bonds. The Hall–Kier alpha value is -2.92. The lowest BCUT2D eigenvalue weighted by Crippen LogP contribution is -2.47. The largest absolute Gasteiger partial charge is 0.467 e. The summed E-state index contributed by atoms with van der Waals surface area (Å²) in [5, 5.41) is 2.58. The molecule has 0 bridgehead atoms. The summed E-state index contributed by atoms with van der Waals surface area (Å²) in [7, 11) is -4.08. The van der Waals surface area contributed by atoms with Crippen molar-refractivity contribution in [1.29, 1.82) is 0 Å². The maximum atomic E-state index is 13.2. The molecule has 3 heterocycles. The molecule has 0 unspecified atom stereocenters. The Balaban J connectivity index is 1.77. The van der Waals surface area contributed by atoms with E-state index in [1.807, 2.05) is 0 Å². The van der Waals surface area contributed by atoms with Crippen LogP contribution in [0.3, 0.4) is 0 Å². The van der Waals surface area contributed by atoms with E-state index in [0.29, 0.717) is 0 Å². The third-order valence-corrected chi connectivity index (χ3v) is 6.70. The van der Waals surface area contributed by atoms with Crippen LogP contribution in [-0.4, -0.2) is 53.9 Å². The molecule has 1 N–H and O–H groups in total. The van der Waals surface area contributed by atoms with E-state index < -0.39 is 34.1 Å². The Bertz CT molecular complexity index is 1020. The van der Waals surface area contributed by atoms with Gasteiger partial charge in [0.1, 0.15) is 24.5 Å². The minimum Gasteiger partial charge on any atom is -0.467 e. The first-order valence-electron chi connectivity index (χ1n) is 8.33. The van der Waals surface area contributed by atoms with Gasteiger partial charge in [-0.05, 0) is 36.5 Å². The van der Waals surface area contributed by atoms with Crippen LogP contribution < -0.4 is 5.32 Å². The first-order valence-corrected chi connectivity index (χ1v) is 10.2. The van der Waals surface area contributed by atoms with Gasteiger partial charge in [0.25, 0.3) is 15.9 Å². The number of benzene rings is 1. The summed E-state index contributed by atoms with van der Waals surface area (Å²) < 4.78 is 37.7. The number of nitrogens with one attached hydrogen (secondary N) is 1. The number of carbonyl (C=O) groups excluding carboxylic acids is 2. The molecule has 11 heteroatoms. The Morgan fingerprint density at radius 2 is 1.93 bits per heavy atom. The highest BCUT2D eigenvalue weighted by atomic mass is 32.2. The Labute approximate surface area is 165 Å². The molecule has 2 aliphatic heterocycles. The van der Waals surface area contributed by atoms with Gasteiger partial charge in [0, 0.05) is 0 Å². The van der Waals surface area contributed by atoms with Gasteiger partial charge in [0.2, 0.25) is 0 Å². The number of cyclic esters (lactones) is 1. The van der Waals surface area contributed by atoms with Crippen LogP contribution in [0.4, 0.5) is 4.79 Å². The smallest absolute Gasteiger partial charge is 0.416 e. The number of hydrogen-bond donors (Lipinski definition) is 1. The van der Waals surface area contributed by atoms with E-state index in [4.69, 9.17) is 21.4 Å². The van der Waals surface area contributed by atoms with Crippen LogP contribution in [0, 0.1) is 0 Å². The van der Waals surface area contributed by atoms with Crippen molar-refractivity contribution in [3.63, 3.8) is 0 Å². The van der Waals surface area contributed by atoms with Crippen LogP contribution in [0.25, 0.3) is 0 Å². The van der Waals surface area contributed by atoms with E-state index in [1.54, 1.807) is 30.3 Å². The number of hydrogen-bond acceptors (Lipinski definition) is 7. The van der Waals surface area contributed by atoms with E-state index in [9.17, 15) is 18.0 Å². The van der Waals surface area contributed by atoms with Crippen molar-refractivity contribution in [2.45, 2.75) is 17.0 Å². The zero-order chi connectivity index (χ0) is 19.9. The van der Waals surface area contributed by atoms with Crippen LogP contribution in [0.15, 0.2) is 58.0 Å². The third kappa shape index (κ3) is 2.92. The van der Waals surface area contributed by atoms with Crippen molar-refractivity contribution in [2.75, 3.05) is 13.2 Å². The van der Waals surface area contributed by atoms with E-state index >= 15 is 0 Å². The second-order valence-corrected chi connectivity index (χ2v) is 8.31. The number of nitrogens with zero attached hydrogens (tertiary/aromatic N) is 2. The molecule has 2 atom stereocenters. The number of carbonyl (C=O) groups is 2. The summed E-state index contributed by atoms with van der Waals surface area (Å²) in [6.07, 6.45) is 0.593. The van der Waals surface area contributed by atoms with Crippen molar-refractivity contribution < 1.29 is 27.2 Å². The molecule has 2 saturated heterocycles. The molecule has 4 rings (SSSR count). The van der Waals surface area contributed by atoms with E-state index in [2.05, 4.69) is 5.32 Å². The molecule has 28 heavy (non-hydrogen) atoms. The van der Waals surface area contributed by atoms with Crippen LogP contribution in [-0.2, 0) is 19.6 Å². The summed E-state index contributed by atoms with van der Waals surface area (Å²) in [4.78, 5) is 25.7. The molecular formula is C17H15N3O6S2. The van der Waals surface area contributed by atoms with Crippen LogP contribution in [0.2, 0.25) is 0 Å². The number of ether oxygens (including phenoxy) is 1. The van der Waals surface area contributed by atoms with Gasteiger partial charge in [0.15, 0.2) is 5.11 Å². The van der Waals surface area contributed by atoms with Crippen molar-refractivity contribution in [3.8, 4) is 0 Å². The Morgan fingerprint density at radius 3 is 2.54 bits per heavy atom. The standard InChI is InChI=1S/C17H15N3O6S2/c21-15(19-8-10-26-17(19)22)13-14(12-7-4-9-25-12)20(16(27)18-13)28(23,24)11-5-2-1-3-6-11/h1-7,9,13-14H,8,10H2,(H,18,27)/t13-,14+/m1/s1. The van der Waals surface area contributed by atoms with Crippen LogP contribution in [0.1, 0.15) is 11.8 Å². The van der Waals surface area contributed by atoms with Gasteiger partial charge in [0.05, 0.1) is 17.7 Å². The summed E-state index contributed by atoms with van der Waals surface area (Å²) in [5.41, 5.74) is 0. The maximum Gasteiger partial charge on any atom is 0.416 e. The maximum absolute atomic E-state index is 13.2. The van der Waals surface area contributed by atoms with E-state index in [-0.39, 0.29) is 28.9 Å². The summed E-state index contributed by atoms with van der Waals surface area (Å²) in [6.45, 7) is 0.165. The molecule has 0 spiro atoms. The number of sulfonamides is 1. The van der Waals surface area contributed by atoms with Crippen LogP contribution >= 0.6 is 12.2 Å². The molecule has 0 aliphatic carbocycles. The minimum absolute atomic E-state index is 0.0180. The highest BCUT2D eigenvalue weighted by molar-refractivity contribution is 7.91. The second-order valence-electron chi connectivity index (χ2n) is 6.11. The molecule has 146 valence electrons. The summed E-state index contributed by atoms with van der Waals surface area (Å²) >= 11 is 5.25. The fraction of sp³-hybridized carbons (Fsp3) is 0.235. The predicted molar refractivity (Wildman–Crippen MR) is 99.5 cm³/mol. The first-order chi connectivity index (χ1) is 13.4. The number of furan rings is 1. The van der Waals surface area contributed by atoms with Crippen LogP contribution in [0.5, 0.6) is 0 Å². The van der Waals surface area contributed by atoms with Crippen molar-refractivity contribution in [3.05, 3.63) is 54.5 Å². The molecule has 0 saturated carbocycles. The zero-order valence-corrected chi connectivity index (χ0v) is 16.0. The van der Waals surface area contributed by atoms with Crippen molar-refractivity contribution in [1.82, 2.24) is 14.5 Å². The van der Waals surface area contributed by atoms with Gasteiger partial charge in [-0.15, -0.1) is 0 Å². The van der Waals surface area contributed by atoms with E-state index in [0.717, 1.165) is 9.21 Å². The third-order valence-electron chi connectivity index (χ3n) is 4.48. The summed E-state index contributed by atoms with van der Waals surface area (Å²) in [6, 6.07) is 8.64. The Kier molecular flexibility index (Phi) is 4.55. The number of rotatable bonds is 4. The molecule has 0 radical (unpaired) electrons. The quantitative estimate of drug-likeness (QED) is 0.735. The molecule has 2 aliphatic rings. The fourth-order valence-electron chi connectivity index (χ4n) is 3.20. The molecule has 2 fully saturated rings. The lowest BCUT2D eigenvalue weighted by Gasteiger charge is -2.26. The average Bonchev–Trinajstić information content (AvgIpc) is 3.41. The lowest BCUT2D eigenvalue weighted by molar-refractivity contribution is -0.130. The number of thiocarbonyl (C=S) groups is 1. The second kappa shape index (κ2) is 6.91. The van der Waals surface area contributed by atoms with Gasteiger partial charge in [-0.3, -0.25) is 4.79 Å². The molecule has 9 nitrogen and oxygen atoms in total. The molecule has 1 aromatic carbocycles. The molecular weight excluding hydrogens is 406 g/mol. The normalized spacial score (nSPS) is 22.3. The fourth-order valence-corrected chi connectivity index (χ4v) is 5.26. The van der Waals surface area contributed by atoms with Gasteiger partial charge in [-0.1, -0.05) is 18.2 Å². The topological polar surface area (TPSA) is 109 Å². The number of amides is 2. The van der Waals surface area contributed by atoms with Gasteiger partial charge in [-0.2, -0.15) is 0 Å². The van der Waals surface area contributed by atoms with Gasteiger partial charge >= 0.3 is 6.09 Å². The zero-order valence-electron chi connectivity index (χ0n) is 14.3. The van der Waals surface area contributed by atoms with Gasteiger partial charge in [-0.25, -0.2) is 22.4 Å². The van der Waals surface area contributed by atoms with E-state index in [1.165, 1.54) is 18.4 Å². The molecule has 1 aromatic heterocycles. The van der Waals surface area contributed by atoms with Crippen molar-refractivity contribution >= 4 is 39.4 Å². The van der Waals surface area contributed by atoms with Crippen molar-refractivity contribution in [2.24, 2.45) is 0 Å². The Morgan fingerprint density at radius 1 is 1.18 bits per heavy atom. The van der Waals surface area contributed by atoms with Gasteiger partial charge < -0.3 is 14.5 Å². The monoisotopic (exact) mass is 421 g/mol. The lowest BCUT2D eigenvalue weighted by atomic mass is 10.1. The SMILES string of the molecule is O=C1OCCN1C(=O)[C@@H]1NC(=S)N(S(=O)(=O)c2ccccc2)[C@H]1c1ccco1. The highest BCUT2D eigenvalue weighted by Gasteiger charge is 2.51. The predicted octanol–water partition coefficient (Wildman–Crippen LogP) is 1.25. The highest BCUT2D eigenvalue weighted by Crippen LogP contribution is 2.36. The molecule has 2 aromatic rings. The minimum atomic E-state index is -4.08. The average molecular weight is 421 g/mol. The number of imide groups is 1. The first kappa shape index (κ1) is 18.4. The summed E-state index contributed by atoms with van der Waals surface area (Å²) in [5.74, 6) is -0.421.